The first-order chi connectivity index (χ1) is 9.81. The largest absolute Gasteiger partial charge is 0.399 e. The number of rotatable bonds is 1. The van der Waals surface area contributed by atoms with Gasteiger partial charge in [-0.05, 0) is 35.4 Å². The van der Waals surface area contributed by atoms with Gasteiger partial charge in [-0.25, -0.2) is 0 Å². The van der Waals surface area contributed by atoms with E-state index < -0.39 is 0 Å². The van der Waals surface area contributed by atoms with Crippen LogP contribution in [0.1, 0.15) is 0 Å². The second kappa shape index (κ2) is 4.36. The van der Waals surface area contributed by atoms with Gasteiger partial charge in [0.1, 0.15) is 0 Å². The predicted molar refractivity (Wildman–Crippen MR) is 89.2 cm³/mol. The van der Waals surface area contributed by atoms with Gasteiger partial charge in [0.2, 0.25) is 0 Å². The van der Waals surface area contributed by atoms with E-state index in [1.165, 1.54) is 31.3 Å². The molecular formula is C18H13NS. The van der Waals surface area contributed by atoms with E-state index in [1.807, 2.05) is 23.5 Å². The molecule has 0 amide bonds. The molecule has 3 aromatic carbocycles. The standard InChI is InChI=1S/C18H13NS/c19-14-8-5-12(6-9-14)13-7-10-16-15-3-1-2-4-17(15)20-18(16)11-13/h1-11H,19H2. The third-order valence-corrected chi connectivity index (χ3v) is 4.76. The quantitative estimate of drug-likeness (QED) is 0.468. The third-order valence-electron chi connectivity index (χ3n) is 3.62. The fourth-order valence-electron chi connectivity index (χ4n) is 2.58. The van der Waals surface area contributed by atoms with Crippen molar-refractivity contribution in [3.8, 4) is 11.1 Å². The first kappa shape index (κ1) is 11.5. The normalized spacial score (nSPS) is 11.2. The zero-order valence-electron chi connectivity index (χ0n) is 10.8. The van der Waals surface area contributed by atoms with Crippen molar-refractivity contribution in [3.63, 3.8) is 0 Å². The molecule has 4 rings (SSSR count). The average molecular weight is 275 g/mol. The summed E-state index contributed by atoms with van der Waals surface area (Å²) in [6.07, 6.45) is 0. The lowest BCUT2D eigenvalue weighted by Gasteiger charge is -2.02. The number of hydrogen-bond acceptors (Lipinski definition) is 2. The highest BCUT2D eigenvalue weighted by Crippen LogP contribution is 2.36. The van der Waals surface area contributed by atoms with Gasteiger partial charge in [0, 0.05) is 25.9 Å². The molecule has 0 unspecified atom stereocenters. The molecule has 0 aliphatic heterocycles. The lowest BCUT2D eigenvalue weighted by molar-refractivity contribution is 1.64. The molecule has 4 aromatic rings. The van der Waals surface area contributed by atoms with Crippen LogP contribution in [0.2, 0.25) is 0 Å². The molecule has 20 heavy (non-hydrogen) atoms. The minimum absolute atomic E-state index is 0.802. The maximum atomic E-state index is 5.75. The van der Waals surface area contributed by atoms with Crippen LogP contribution < -0.4 is 5.73 Å². The van der Waals surface area contributed by atoms with Crippen LogP contribution >= 0.6 is 11.3 Å². The third kappa shape index (κ3) is 1.77. The van der Waals surface area contributed by atoms with E-state index in [9.17, 15) is 0 Å². The fourth-order valence-corrected chi connectivity index (χ4v) is 3.73. The summed E-state index contributed by atoms with van der Waals surface area (Å²) in [6, 6.07) is 23.3. The monoisotopic (exact) mass is 275 g/mol. The van der Waals surface area contributed by atoms with Gasteiger partial charge in [0.05, 0.1) is 0 Å². The van der Waals surface area contributed by atoms with E-state index in [4.69, 9.17) is 5.73 Å². The van der Waals surface area contributed by atoms with Crippen LogP contribution in [-0.2, 0) is 0 Å². The van der Waals surface area contributed by atoms with Gasteiger partial charge in [-0.15, -0.1) is 11.3 Å². The molecule has 0 saturated carbocycles. The number of benzene rings is 3. The predicted octanol–water partition coefficient (Wildman–Crippen LogP) is 5.30. The summed E-state index contributed by atoms with van der Waals surface area (Å²) < 4.78 is 2.68. The lowest BCUT2D eigenvalue weighted by Crippen LogP contribution is -1.83. The summed E-state index contributed by atoms with van der Waals surface area (Å²) in [7, 11) is 0. The van der Waals surface area contributed by atoms with Gasteiger partial charge in [-0.1, -0.05) is 42.5 Å². The highest BCUT2D eigenvalue weighted by Gasteiger charge is 2.06. The average Bonchev–Trinajstić information content (AvgIpc) is 2.85. The molecule has 1 aromatic heterocycles. The van der Waals surface area contributed by atoms with Crippen molar-refractivity contribution < 1.29 is 0 Å². The second-order valence-electron chi connectivity index (χ2n) is 4.93. The molecule has 1 nitrogen and oxygen atoms in total. The Morgan fingerprint density at radius 2 is 1.35 bits per heavy atom. The van der Waals surface area contributed by atoms with Crippen molar-refractivity contribution in [2.24, 2.45) is 0 Å². The zero-order chi connectivity index (χ0) is 13.5. The maximum absolute atomic E-state index is 5.75. The number of fused-ring (bicyclic) bond motifs is 3. The fraction of sp³-hybridized carbons (Fsp3) is 0. The number of nitrogen functional groups attached to an aromatic ring is 1. The minimum Gasteiger partial charge on any atom is -0.399 e. The molecule has 0 spiro atoms. The first-order valence-corrected chi connectivity index (χ1v) is 7.40. The Bertz CT molecular complexity index is 904. The molecule has 1 heterocycles. The van der Waals surface area contributed by atoms with Crippen LogP contribution in [-0.4, -0.2) is 0 Å². The molecular weight excluding hydrogens is 262 g/mol. The summed E-state index contributed by atoms with van der Waals surface area (Å²) in [5.41, 5.74) is 9.00. The van der Waals surface area contributed by atoms with Crippen molar-refractivity contribution in [3.05, 3.63) is 66.7 Å². The molecule has 2 N–H and O–H groups in total. The van der Waals surface area contributed by atoms with E-state index in [1.54, 1.807) is 0 Å². The molecule has 0 aliphatic rings. The van der Waals surface area contributed by atoms with E-state index in [-0.39, 0.29) is 0 Å². The van der Waals surface area contributed by atoms with Crippen molar-refractivity contribution in [2.45, 2.75) is 0 Å². The Balaban J connectivity index is 1.94. The molecule has 0 bridgehead atoms. The van der Waals surface area contributed by atoms with E-state index in [0.29, 0.717) is 0 Å². The van der Waals surface area contributed by atoms with Crippen LogP contribution in [0.5, 0.6) is 0 Å². The number of anilines is 1. The Kier molecular flexibility index (Phi) is 2.51. The molecule has 0 atom stereocenters. The lowest BCUT2D eigenvalue weighted by atomic mass is 10.0. The van der Waals surface area contributed by atoms with Gasteiger partial charge < -0.3 is 5.73 Å². The Hall–Kier alpha value is -2.32. The molecule has 2 heteroatoms. The molecule has 0 aliphatic carbocycles. The topological polar surface area (TPSA) is 26.0 Å². The van der Waals surface area contributed by atoms with Crippen molar-refractivity contribution >= 4 is 37.2 Å². The second-order valence-corrected chi connectivity index (χ2v) is 6.01. The van der Waals surface area contributed by atoms with Gasteiger partial charge in [-0.3, -0.25) is 0 Å². The van der Waals surface area contributed by atoms with Crippen LogP contribution in [0, 0.1) is 0 Å². The van der Waals surface area contributed by atoms with E-state index in [2.05, 4.69) is 54.6 Å². The highest BCUT2D eigenvalue weighted by molar-refractivity contribution is 7.25. The van der Waals surface area contributed by atoms with Crippen molar-refractivity contribution in [1.29, 1.82) is 0 Å². The summed E-state index contributed by atoms with van der Waals surface area (Å²) in [5, 5.41) is 2.68. The van der Waals surface area contributed by atoms with Crippen LogP contribution in [0.15, 0.2) is 66.7 Å². The maximum Gasteiger partial charge on any atom is 0.0361 e. The smallest absolute Gasteiger partial charge is 0.0361 e. The van der Waals surface area contributed by atoms with Crippen molar-refractivity contribution in [2.75, 3.05) is 5.73 Å². The summed E-state index contributed by atoms with van der Waals surface area (Å²) in [4.78, 5) is 0. The van der Waals surface area contributed by atoms with Gasteiger partial charge in [0.15, 0.2) is 0 Å². The Morgan fingerprint density at radius 1 is 0.650 bits per heavy atom. The first-order valence-electron chi connectivity index (χ1n) is 6.58. The number of nitrogens with two attached hydrogens (primary N) is 1. The van der Waals surface area contributed by atoms with Gasteiger partial charge in [-0.2, -0.15) is 0 Å². The SMILES string of the molecule is Nc1ccc(-c2ccc3c(c2)sc2ccccc23)cc1. The van der Waals surface area contributed by atoms with Crippen LogP contribution in [0.4, 0.5) is 5.69 Å². The zero-order valence-corrected chi connectivity index (χ0v) is 11.7. The number of hydrogen-bond donors (Lipinski definition) is 1. The molecule has 0 saturated heterocycles. The number of thiophene rings is 1. The summed E-state index contributed by atoms with van der Waals surface area (Å²) >= 11 is 1.85. The highest BCUT2D eigenvalue weighted by atomic mass is 32.1. The van der Waals surface area contributed by atoms with Gasteiger partial charge in [0.25, 0.3) is 0 Å². The van der Waals surface area contributed by atoms with Crippen LogP contribution in [0.25, 0.3) is 31.3 Å². The van der Waals surface area contributed by atoms with E-state index in [0.717, 1.165) is 5.69 Å². The summed E-state index contributed by atoms with van der Waals surface area (Å²) in [5.74, 6) is 0. The van der Waals surface area contributed by atoms with Crippen molar-refractivity contribution in [1.82, 2.24) is 0 Å². The van der Waals surface area contributed by atoms with Gasteiger partial charge >= 0.3 is 0 Å². The molecule has 0 fully saturated rings. The van der Waals surface area contributed by atoms with Crippen LogP contribution in [0.3, 0.4) is 0 Å². The minimum atomic E-state index is 0.802. The molecule has 0 radical (unpaired) electrons. The van der Waals surface area contributed by atoms with E-state index >= 15 is 0 Å². The summed E-state index contributed by atoms with van der Waals surface area (Å²) in [6.45, 7) is 0. The Labute approximate surface area is 121 Å². The molecule has 96 valence electrons. The Morgan fingerprint density at radius 3 is 2.20 bits per heavy atom.